The summed E-state index contributed by atoms with van der Waals surface area (Å²) in [6, 6.07) is 0. The molecule has 0 N–H and O–H groups in total. The number of ether oxygens (including phenoxy) is 1. The smallest absolute Gasteiger partial charge is 0.149 e. The van der Waals surface area contributed by atoms with Crippen LogP contribution in [0.2, 0.25) is 0 Å². The van der Waals surface area contributed by atoms with Gasteiger partial charge >= 0.3 is 0 Å². The molecule has 0 aromatic carbocycles. The molecule has 0 aliphatic rings. The Kier molecular flexibility index (Phi) is 14.3. The summed E-state index contributed by atoms with van der Waals surface area (Å²) in [7, 11) is 0. The number of hydrogen-bond donors (Lipinski definition) is 0. The standard InChI is InChI=1S/C22H38O3/c1-18(2)8-6-9-20(4)13-15-25-22(17-24)16-21(5)11-7-10-19(3)12-14-23/h8,11,14,17,19-20,22H,6-7,9-10,12-13,15-16H2,1-5H3. The van der Waals surface area contributed by atoms with Crippen LogP contribution in [0.15, 0.2) is 23.3 Å². The second-order valence-electron chi connectivity index (χ2n) is 7.64. The zero-order valence-electron chi connectivity index (χ0n) is 16.9. The van der Waals surface area contributed by atoms with Gasteiger partial charge in [0.05, 0.1) is 0 Å². The Labute approximate surface area is 154 Å². The van der Waals surface area contributed by atoms with Crippen LogP contribution in [0.5, 0.6) is 0 Å². The van der Waals surface area contributed by atoms with Crippen LogP contribution in [0, 0.1) is 11.8 Å². The lowest BCUT2D eigenvalue weighted by Crippen LogP contribution is -2.17. The molecule has 0 saturated heterocycles. The minimum absolute atomic E-state index is 0.339. The number of hydrogen-bond acceptors (Lipinski definition) is 3. The molecule has 0 heterocycles. The van der Waals surface area contributed by atoms with E-state index in [0.29, 0.717) is 31.3 Å². The van der Waals surface area contributed by atoms with Gasteiger partial charge in [0.1, 0.15) is 18.7 Å². The molecule has 0 aromatic rings. The normalized spacial score (nSPS) is 15.3. The zero-order valence-corrected chi connectivity index (χ0v) is 16.9. The molecule has 3 atom stereocenters. The van der Waals surface area contributed by atoms with Crippen molar-refractivity contribution in [3.8, 4) is 0 Å². The Morgan fingerprint density at radius 3 is 2.16 bits per heavy atom. The second-order valence-corrected chi connectivity index (χ2v) is 7.64. The fourth-order valence-corrected chi connectivity index (χ4v) is 2.66. The summed E-state index contributed by atoms with van der Waals surface area (Å²) in [4.78, 5) is 21.7. The van der Waals surface area contributed by atoms with Crippen molar-refractivity contribution < 1.29 is 14.3 Å². The van der Waals surface area contributed by atoms with E-state index in [9.17, 15) is 9.59 Å². The van der Waals surface area contributed by atoms with Crippen LogP contribution in [-0.4, -0.2) is 25.3 Å². The van der Waals surface area contributed by atoms with Gasteiger partial charge in [-0.05, 0) is 64.7 Å². The Bertz CT molecular complexity index is 419. The van der Waals surface area contributed by atoms with Crippen LogP contribution < -0.4 is 0 Å². The average Bonchev–Trinajstić information content (AvgIpc) is 2.53. The summed E-state index contributed by atoms with van der Waals surface area (Å²) in [6.45, 7) is 11.3. The highest BCUT2D eigenvalue weighted by atomic mass is 16.5. The molecule has 0 amide bonds. The van der Waals surface area contributed by atoms with Gasteiger partial charge in [0.2, 0.25) is 0 Å². The van der Waals surface area contributed by atoms with E-state index >= 15 is 0 Å². The Balaban J connectivity index is 4.02. The van der Waals surface area contributed by atoms with Gasteiger partial charge in [0.15, 0.2) is 0 Å². The van der Waals surface area contributed by atoms with E-state index in [-0.39, 0.29) is 6.10 Å². The summed E-state index contributed by atoms with van der Waals surface area (Å²) in [5.74, 6) is 1.03. The van der Waals surface area contributed by atoms with E-state index < -0.39 is 0 Å². The molecule has 0 saturated carbocycles. The predicted molar refractivity (Wildman–Crippen MR) is 106 cm³/mol. The van der Waals surface area contributed by atoms with Gasteiger partial charge in [0.25, 0.3) is 0 Å². The number of aldehydes is 2. The maximum absolute atomic E-state index is 11.2. The zero-order chi connectivity index (χ0) is 19.1. The highest BCUT2D eigenvalue weighted by Crippen LogP contribution is 2.15. The molecule has 3 heteroatoms. The minimum Gasteiger partial charge on any atom is -0.370 e. The van der Waals surface area contributed by atoms with Crippen LogP contribution in [-0.2, 0) is 14.3 Å². The van der Waals surface area contributed by atoms with Crippen molar-refractivity contribution in [2.75, 3.05) is 6.61 Å². The third-order valence-electron chi connectivity index (χ3n) is 4.48. The largest absolute Gasteiger partial charge is 0.370 e. The minimum atomic E-state index is -0.339. The molecule has 0 aliphatic heterocycles. The molecule has 0 aromatic heterocycles. The topological polar surface area (TPSA) is 43.4 Å². The van der Waals surface area contributed by atoms with E-state index in [0.717, 1.165) is 44.7 Å². The van der Waals surface area contributed by atoms with E-state index in [1.54, 1.807) is 0 Å². The Morgan fingerprint density at radius 2 is 1.56 bits per heavy atom. The monoisotopic (exact) mass is 350 g/mol. The van der Waals surface area contributed by atoms with Gasteiger partial charge in [-0.1, -0.05) is 37.1 Å². The van der Waals surface area contributed by atoms with E-state index in [1.807, 2.05) is 6.92 Å². The molecule has 0 bridgehead atoms. The molecule has 0 radical (unpaired) electrons. The van der Waals surface area contributed by atoms with E-state index in [2.05, 4.69) is 39.8 Å². The predicted octanol–water partition coefficient (Wildman–Crippen LogP) is 5.68. The Hall–Kier alpha value is -1.22. The number of carbonyl (C=O) groups excluding carboxylic acids is 2. The van der Waals surface area contributed by atoms with Crippen molar-refractivity contribution >= 4 is 12.6 Å². The van der Waals surface area contributed by atoms with Gasteiger partial charge in [-0.2, -0.15) is 0 Å². The van der Waals surface area contributed by atoms with Gasteiger partial charge in [0, 0.05) is 19.4 Å². The van der Waals surface area contributed by atoms with Crippen LogP contribution in [0.3, 0.4) is 0 Å². The third kappa shape index (κ3) is 14.8. The van der Waals surface area contributed by atoms with Crippen molar-refractivity contribution in [2.45, 2.75) is 85.7 Å². The van der Waals surface area contributed by atoms with Crippen LogP contribution in [0.1, 0.15) is 79.6 Å². The molecular formula is C22H38O3. The summed E-state index contributed by atoms with van der Waals surface area (Å²) in [5.41, 5.74) is 2.55. The summed E-state index contributed by atoms with van der Waals surface area (Å²) in [5, 5.41) is 0. The molecule has 3 nitrogen and oxygen atoms in total. The first-order chi connectivity index (χ1) is 11.9. The van der Waals surface area contributed by atoms with E-state index in [1.165, 1.54) is 11.1 Å². The molecule has 0 fully saturated rings. The van der Waals surface area contributed by atoms with Crippen molar-refractivity contribution in [3.05, 3.63) is 23.3 Å². The quantitative estimate of drug-likeness (QED) is 0.282. The third-order valence-corrected chi connectivity index (χ3v) is 4.48. The Morgan fingerprint density at radius 1 is 0.920 bits per heavy atom. The molecule has 25 heavy (non-hydrogen) atoms. The lowest BCUT2D eigenvalue weighted by molar-refractivity contribution is -0.118. The van der Waals surface area contributed by atoms with Gasteiger partial charge in [-0.25, -0.2) is 0 Å². The number of rotatable bonds is 15. The lowest BCUT2D eigenvalue weighted by Gasteiger charge is -2.15. The summed E-state index contributed by atoms with van der Waals surface area (Å²) in [6.07, 6.45) is 12.5. The van der Waals surface area contributed by atoms with Crippen molar-refractivity contribution in [1.82, 2.24) is 0 Å². The highest BCUT2D eigenvalue weighted by molar-refractivity contribution is 5.56. The van der Waals surface area contributed by atoms with E-state index in [4.69, 9.17) is 4.74 Å². The number of carbonyl (C=O) groups is 2. The van der Waals surface area contributed by atoms with Crippen LogP contribution in [0.4, 0.5) is 0 Å². The first kappa shape index (κ1) is 23.8. The lowest BCUT2D eigenvalue weighted by atomic mass is 10.0. The first-order valence-electron chi connectivity index (χ1n) is 9.68. The molecular weight excluding hydrogens is 312 g/mol. The molecule has 3 unspecified atom stereocenters. The van der Waals surface area contributed by atoms with Crippen molar-refractivity contribution in [2.24, 2.45) is 11.8 Å². The molecule has 0 aliphatic carbocycles. The van der Waals surface area contributed by atoms with Crippen molar-refractivity contribution in [1.29, 1.82) is 0 Å². The van der Waals surface area contributed by atoms with Crippen molar-refractivity contribution in [3.63, 3.8) is 0 Å². The van der Waals surface area contributed by atoms with Crippen LogP contribution in [0.25, 0.3) is 0 Å². The number of allylic oxidation sites excluding steroid dienone is 3. The highest BCUT2D eigenvalue weighted by Gasteiger charge is 2.10. The van der Waals surface area contributed by atoms with Gasteiger partial charge in [-0.15, -0.1) is 0 Å². The molecule has 0 rings (SSSR count). The fourth-order valence-electron chi connectivity index (χ4n) is 2.66. The first-order valence-corrected chi connectivity index (χ1v) is 9.68. The summed E-state index contributed by atoms with van der Waals surface area (Å²) < 4.78 is 5.76. The van der Waals surface area contributed by atoms with Gasteiger partial charge in [-0.3, -0.25) is 0 Å². The summed E-state index contributed by atoms with van der Waals surface area (Å²) >= 11 is 0. The SMILES string of the molecule is CC(C)=CCCC(C)CCOC(C=O)CC(C)=CCCC(C)CC=O. The van der Waals surface area contributed by atoms with Crippen LogP contribution >= 0.6 is 0 Å². The molecule has 144 valence electrons. The molecule has 0 spiro atoms. The average molecular weight is 351 g/mol. The van der Waals surface area contributed by atoms with Gasteiger partial charge < -0.3 is 14.3 Å². The fraction of sp³-hybridized carbons (Fsp3) is 0.727. The maximum Gasteiger partial charge on any atom is 0.149 e. The maximum atomic E-state index is 11.2. The second kappa shape index (κ2) is 15.1.